The van der Waals surface area contributed by atoms with Crippen molar-refractivity contribution in [3.05, 3.63) is 0 Å². The zero-order chi connectivity index (χ0) is 15.6. The first kappa shape index (κ1) is 17.7. The first-order valence-corrected chi connectivity index (χ1v) is 11.0. The molecule has 1 N–H and O–H groups in total. The monoisotopic (exact) mass is 299 g/mol. The summed E-state index contributed by atoms with van der Waals surface area (Å²) in [6, 6.07) is 0.344. The van der Waals surface area contributed by atoms with Gasteiger partial charge in [-0.3, -0.25) is 4.79 Å². The standard InChI is InChI=1S/C16H33NO2Si/c1-8-9-10-13-11-12(2)14(15(18)17-13)19-20(6,7)16(3,4)5/h12-14H,8-11H2,1-7H3,(H,17,18). The van der Waals surface area contributed by atoms with E-state index in [0.717, 1.165) is 12.8 Å². The van der Waals surface area contributed by atoms with E-state index in [1.165, 1.54) is 12.8 Å². The van der Waals surface area contributed by atoms with Crippen molar-refractivity contribution in [1.29, 1.82) is 0 Å². The fourth-order valence-corrected chi connectivity index (χ4v) is 3.81. The van der Waals surface area contributed by atoms with Crippen molar-refractivity contribution < 1.29 is 9.22 Å². The second-order valence-corrected chi connectivity index (χ2v) is 12.6. The molecule has 0 radical (unpaired) electrons. The third-order valence-corrected chi connectivity index (χ3v) is 9.37. The summed E-state index contributed by atoms with van der Waals surface area (Å²) >= 11 is 0. The van der Waals surface area contributed by atoms with E-state index in [-0.39, 0.29) is 17.0 Å². The lowest BCUT2D eigenvalue weighted by molar-refractivity contribution is -0.134. The normalized spacial score (nSPS) is 28.4. The first-order chi connectivity index (χ1) is 9.08. The van der Waals surface area contributed by atoms with Crippen LogP contribution in [0.25, 0.3) is 0 Å². The van der Waals surface area contributed by atoms with Gasteiger partial charge in [-0.1, -0.05) is 47.5 Å². The Morgan fingerprint density at radius 1 is 1.35 bits per heavy atom. The van der Waals surface area contributed by atoms with Gasteiger partial charge in [0.1, 0.15) is 6.10 Å². The summed E-state index contributed by atoms with van der Waals surface area (Å²) in [7, 11) is -1.88. The molecule has 1 heterocycles. The molecule has 1 rings (SSSR count). The molecule has 1 fully saturated rings. The lowest BCUT2D eigenvalue weighted by Gasteiger charge is -2.43. The van der Waals surface area contributed by atoms with Gasteiger partial charge in [-0.05, 0) is 36.9 Å². The van der Waals surface area contributed by atoms with E-state index in [0.29, 0.717) is 12.0 Å². The summed E-state index contributed by atoms with van der Waals surface area (Å²) in [5, 5.41) is 3.31. The topological polar surface area (TPSA) is 38.3 Å². The number of hydrogen-bond donors (Lipinski definition) is 1. The van der Waals surface area contributed by atoms with E-state index >= 15 is 0 Å². The molecule has 0 aliphatic carbocycles. The van der Waals surface area contributed by atoms with Crippen molar-refractivity contribution in [3.63, 3.8) is 0 Å². The number of amides is 1. The summed E-state index contributed by atoms with van der Waals surface area (Å²) in [5.41, 5.74) is 0. The maximum atomic E-state index is 12.4. The highest BCUT2D eigenvalue weighted by Crippen LogP contribution is 2.39. The summed E-state index contributed by atoms with van der Waals surface area (Å²) in [4.78, 5) is 12.4. The second kappa shape index (κ2) is 6.61. The van der Waals surface area contributed by atoms with Crippen LogP contribution in [0.5, 0.6) is 0 Å². The number of carbonyl (C=O) groups excluding carboxylic acids is 1. The number of nitrogens with one attached hydrogen (secondary N) is 1. The highest BCUT2D eigenvalue weighted by molar-refractivity contribution is 6.74. The van der Waals surface area contributed by atoms with Crippen molar-refractivity contribution >= 4 is 14.2 Å². The lowest BCUT2D eigenvalue weighted by Crippen LogP contribution is -2.56. The number of hydrogen-bond acceptors (Lipinski definition) is 2. The van der Waals surface area contributed by atoms with E-state index < -0.39 is 8.32 Å². The Hall–Kier alpha value is -0.353. The Bertz CT molecular complexity index is 336. The van der Waals surface area contributed by atoms with Crippen LogP contribution in [-0.2, 0) is 9.22 Å². The molecule has 0 aromatic heterocycles. The van der Waals surface area contributed by atoms with Crippen LogP contribution in [0, 0.1) is 5.92 Å². The average molecular weight is 300 g/mol. The fraction of sp³-hybridized carbons (Fsp3) is 0.938. The third-order valence-electron chi connectivity index (χ3n) is 4.91. The van der Waals surface area contributed by atoms with E-state index in [1.54, 1.807) is 0 Å². The van der Waals surface area contributed by atoms with Gasteiger partial charge in [-0.25, -0.2) is 0 Å². The zero-order valence-electron chi connectivity index (χ0n) is 14.4. The maximum Gasteiger partial charge on any atom is 0.248 e. The Labute approximate surface area is 126 Å². The van der Waals surface area contributed by atoms with E-state index in [4.69, 9.17) is 4.43 Å². The zero-order valence-corrected chi connectivity index (χ0v) is 15.4. The van der Waals surface area contributed by atoms with Crippen molar-refractivity contribution in [2.45, 2.75) is 90.6 Å². The van der Waals surface area contributed by atoms with Crippen LogP contribution in [-0.4, -0.2) is 26.4 Å². The molecule has 0 spiro atoms. The number of unbranched alkanes of at least 4 members (excludes halogenated alkanes) is 1. The predicted octanol–water partition coefficient (Wildman–Crippen LogP) is 4.09. The van der Waals surface area contributed by atoms with Crippen LogP contribution in [0.4, 0.5) is 0 Å². The quantitative estimate of drug-likeness (QED) is 0.776. The summed E-state index contributed by atoms with van der Waals surface area (Å²) in [5.74, 6) is 0.425. The summed E-state index contributed by atoms with van der Waals surface area (Å²) in [6.45, 7) is 15.4. The van der Waals surface area contributed by atoms with Gasteiger partial charge in [0.25, 0.3) is 0 Å². The van der Waals surface area contributed by atoms with Crippen LogP contribution < -0.4 is 5.32 Å². The number of rotatable bonds is 5. The van der Waals surface area contributed by atoms with Crippen molar-refractivity contribution in [2.24, 2.45) is 5.92 Å². The van der Waals surface area contributed by atoms with E-state index in [1.807, 2.05) is 0 Å². The molecule has 1 aliphatic rings. The van der Waals surface area contributed by atoms with Gasteiger partial charge in [0.05, 0.1) is 0 Å². The Morgan fingerprint density at radius 3 is 2.40 bits per heavy atom. The van der Waals surface area contributed by atoms with E-state index in [9.17, 15) is 4.79 Å². The van der Waals surface area contributed by atoms with Gasteiger partial charge in [-0.15, -0.1) is 0 Å². The van der Waals surface area contributed by atoms with Crippen molar-refractivity contribution in [2.75, 3.05) is 0 Å². The third kappa shape index (κ3) is 4.32. The van der Waals surface area contributed by atoms with Gasteiger partial charge in [0.2, 0.25) is 5.91 Å². The fourth-order valence-electron chi connectivity index (χ4n) is 2.48. The number of carbonyl (C=O) groups is 1. The van der Waals surface area contributed by atoms with Crippen LogP contribution in [0.1, 0.15) is 60.3 Å². The van der Waals surface area contributed by atoms with Crippen LogP contribution >= 0.6 is 0 Å². The van der Waals surface area contributed by atoms with Gasteiger partial charge in [0.15, 0.2) is 8.32 Å². The predicted molar refractivity (Wildman–Crippen MR) is 87.3 cm³/mol. The van der Waals surface area contributed by atoms with Gasteiger partial charge in [-0.2, -0.15) is 0 Å². The molecule has 3 atom stereocenters. The first-order valence-electron chi connectivity index (χ1n) is 8.06. The molecule has 4 heteroatoms. The minimum absolute atomic E-state index is 0.106. The van der Waals surface area contributed by atoms with Crippen LogP contribution in [0.2, 0.25) is 18.1 Å². The van der Waals surface area contributed by atoms with Crippen LogP contribution in [0.15, 0.2) is 0 Å². The molecule has 0 aromatic carbocycles. The average Bonchev–Trinajstić information content (AvgIpc) is 2.29. The minimum Gasteiger partial charge on any atom is -0.405 e. The highest BCUT2D eigenvalue weighted by Gasteiger charge is 2.44. The number of piperidine rings is 1. The SMILES string of the molecule is CCCCC1CC(C)C(O[Si](C)(C)C(C)(C)C)C(=O)N1. The largest absolute Gasteiger partial charge is 0.405 e. The molecule has 20 heavy (non-hydrogen) atoms. The molecule has 1 amide bonds. The van der Waals surface area contributed by atoms with Gasteiger partial charge in [0, 0.05) is 6.04 Å². The summed E-state index contributed by atoms with van der Waals surface area (Å²) in [6.07, 6.45) is 4.26. The molecule has 0 saturated carbocycles. The molecule has 3 nitrogen and oxygen atoms in total. The van der Waals surface area contributed by atoms with Crippen molar-refractivity contribution in [3.8, 4) is 0 Å². The van der Waals surface area contributed by atoms with Gasteiger partial charge >= 0.3 is 0 Å². The molecular formula is C16H33NO2Si. The molecule has 1 aliphatic heterocycles. The molecule has 0 aromatic rings. The molecule has 0 bridgehead atoms. The molecule has 118 valence electrons. The van der Waals surface area contributed by atoms with E-state index in [2.05, 4.69) is 53.0 Å². The second-order valence-electron chi connectivity index (χ2n) is 7.86. The van der Waals surface area contributed by atoms with Crippen LogP contribution in [0.3, 0.4) is 0 Å². The molecular weight excluding hydrogens is 266 g/mol. The van der Waals surface area contributed by atoms with Crippen molar-refractivity contribution in [1.82, 2.24) is 5.32 Å². The maximum absolute atomic E-state index is 12.4. The Balaban J connectivity index is 2.67. The minimum atomic E-state index is -1.88. The molecule has 3 unspecified atom stereocenters. The Morgan fingerprint density at radius 2 is 1.95 bits per heavy atom. The molecule has 1 saturated heterocycles. The Kier molecular flexibility index (Phi) is 5.85. The van der Waals surface area contributed by atoms with Gasteiger partial charge < -0.3 is 9.74 Å². The lowest BCUT2D eigenvalue weighted by atomic mass is 9.89. The highest BCUT2D eigenvalue weighted by atomic mass is 28.4. The smallest absolute Gasteiger partial charge is 0.248 e. The summed E-state index contributed by atoms with van der Waals surface area (Å²) < 4.78 is 6.35.